The Bertz CT molecular complexity index is 979. The van der Waals surface area contributed by atoms with Gasteiger partial charge in [0, 0.05) is 29.9 Å². The van der Waals surface area contributed by atoms with Crippen LogP contribution in [-0.4, -0.2) is 33.8 Å². The van der Waals surface area contributed by atoms with E-state index in [9.17, 15) is 9.59 Å². The van der Waals surface area contributed by atoms with Crippen LogP contribution in [0.2, 0.25) is 0 Å². The minimum atomic E-state index is -0.214. The molecule has 2 N–H and O–H groups in total. The molecule has 4 rings (SSSR count). The molecule has 126 valence electrons. The normalized spacial score (nSPS) is 14.3. The number of aromatic amines is 1. The zero-order valence-electron chi connectivity index (χ0n) is 13.7. The van der Waals surface area contributed by atoms with Crippen molar-refractivity contribution in [2.75, 3.05) is 16.8 Å². The summed E-state index contributed by atoms with van der Waals surface area (Å²) in [5, 5.41) is 13.4. The van der Waals surface area contributed by atoms with Crippen LogP contribution in [0.3, 0.4) is 0 Å². The molecule has 1 aromatic heterocycles. The number of nitrogens with zero attached hydrogens (tertiary/aromatic N) is 3. The van der Waals surface area contributed by atoms with Gasteiger partial charge in [-0.1, -0.05) is 0 Å². The lowest BCUT2D eigenvalue weighted by molar-refractivity contribution is -0.117. The van der Waals surface area contributed by atoms with Crippen LogP contribution < -0.4 is 10.2 Å². The summed E-state index contributed by atoms with van der Waals surface area (Å²) < 4.78 is 0. The molecule has 1 saturated heterocycles. The van der Waals surface area contributed by atoms with Crippen LogP contribution in [0.5, 0.6) is 0 Å². The average molecular weight is 335 g/mol. The summed E-state index contributed by atoms with van der Waals surface area (Å²) in [5.74, 6) is -0.0601. The minimum absolute atomic E-state index is 0.154. The van der Waals surface area contributed by atoms with E-state index in [-0.39, 0.29) is 11.8 Å². The van der Waals surface area contributed by atoms with E-state index < -0.39 is 0 Å². The fourth-order valence-electron chi connectivity index (χ4n) is 3.12. The molecule has 1 aliphatic rings. The van der Waals surface area contributed by atoms with Gasteiger partial charge in [0.2, 0.25) is 5.91 Å². The Hall–Kier alpha value is -3.22. The maximum Gasteiger partial charge on any atom is 0.255 e. The molecule has 2 aromatic carbocycles. The number of carbonyl (C=O) groups is 2. The number of anilines is 2. The molecule has 3 aromatic rings. The standard InChI is InChI=1S/C18H17N5O2/c1-11-9-13(5-7-16(11)23-8-2-3-17(23)24)19-18(25)12-4-6-14-15(10-12)21-22-20-14/h4-7,9-10H,2-3,8H2,1H3,(H,19,25)(H,20,21,22). The third-order valence-electron chi connectivity index (χ3n) is 4.40. The van der Waals surface area contributed by atoms with Crippen LogP contribution in [0.15, 0.2) is 36.4 Å². The van der Waals surface area contributed by atoms with Crippen molar-refractivity contribution < 1.29 is 9.59 Å². The molecule has 7 nitrogen and oxygen atoms in total. The summed E-state index contributed by atoms with van der Waals surface area (Å²) >= 11 is 0. The Morgan fingerprint density at radius 2 is 2.00 bits per heavy atom. The molecule has 7 heteroatoms. The van der Waals surface area contributed by atoms with Gasteiger partial charge < -0.3 is 10.2 Å². The number of H-pyrrole nitrogens is 1. The minimum Gasteiger partial charge on any atom is -0.322 e. The second kappa shape index (κ2) is 6.01. The van der Waals surface area contributed by atoms with Crippen molar-refractivity contribution >= 4 is 34.2 Å². The molecule has 1 fully saturated rings. The third-order valence-corrected chi connectivity index (χ3v) is 4.40. The van der Waals surface area contributed by atoms with Gasteiger partial charge >= 0.3 is 0 Å². The molecular weight excluding hydrogens is 318 g/mol. The van der Waals surface area contributed by atoms with E-state index in [0.717, 1.165) is 24.2 Å². The van der Waals surface area contributed by atoms with Gasteiger partial charge in [-0.05, 0) is 55.3 Å². The van der Waals surface area contributed by atoms with Crippen molar-refractivity contribution in [1.29, 1.82) is 0 Å². The van der Waals surface area contributed by atoms with Gasteiger partial charge in [0.15, 0.2) is 0 Å². The summed E-state index contributed by atoms with van der Waals surface area (Å²) in [4.78, 5) is 26.2. The second-order valence-corrected chi connectivity index (χ2v) is 6.13. The monoisotopic (exact) mass is 335 g/mol. The Morgan fingerprint density at radius 3 is 2.76 bits per heavy atom. The lowest BCUT2D eigenvalue weighted by Crippen LogP contribution is -2.24. The largest absolute Gasteiger partial charge is 0.322 e. The van der Waals surface area contributed by atoms with Crippen LogP contribution in [-0.2, 0) is 4.79 Å². The third kappa shape index (κ3) is 2.84. The molecule has 0 spiro atoms. The zero-order valence-corrected chi connectivity index (χ0v) is 13.7. The molecule has 1 aliphatic heterocycles. The molecule has 25 heavy (non-hydrogen) atoms. The molecule has 2 heterocycles. The van der Waals surface area contributed by atoms with Crippen molar-refractivity contribution in [3.63, 3.8) is 0 Å². The summed E-state index contributed by atoms with van der Waals surface area (Å²) in [5.41, 5.74) is 4.43. The van der Waals surface area contributed by atoms with E-state index in [0.29, 0.717) is 28.7 Å². The molecular formula is C18H17N5O2. The number of nitrogens with one attached hydrogen (secondary N) is 2. The number of amides is 2. The molecule has 0 unspecified atom stereocenters. The van der Waals surface area contributed by atoms with Crippen molar-refractivity contribution in [2.24, 2.45) is 0 Å². The first-order valence-corrected chi connectivity index (χ1v) is 8.15. The molecule has 0 saturated carbocycles. The number of fused-ring (bicyclic) bond motifs is 1. The van der Waals surface area contributed by atoms with E-state index in [4.69, 9.17) is 0 Å². The number of aryl methyl sites for hydroxylation is 1. The smallest absolute Gasteiger partial charge is 0.255 e. The van der Waals surface area contributed by atoms with E-state index >= 15 is 0 Å². The molecule has 2 amide bonds. The highest BCUT2D eigenvalue weighted by Gasteiger charge is 2.23. The highest BCUT2D eigenvalue weighted by atomic mass is 16.2. The van der Waals surface area contributed by atoms with Gasteiger partial charge in [-0.15, -0.1) is 0 Å². The van der Waals surface area contributed by atoms with Gasteiger partial charge in [-0.25, -0.2) is 0 Å². The molecule has 0 aliphatic carbocycles. The van der Waals surface area contributed by atoms with Crippen LogP contribution in [0.4, 0.5) is 11.4 Å². The number of hydrogen-bond donors (Lipinski definition) is 2. The van der Waals surface area contributed by atoms with Gasteiger partial charge in [0.25, 0.3) is 5.91 Å². The van der Waals surface area contributed by atoms with Crippen LogP contribution in [0.25, 0.3) is 11.0 Å². The summed E-state index contributed by atoms with van der Waals surface area (Å²) in [6.07, 6.45) is 1.49. The molecule has 0 bridgehead atoms. The topological polar surface area (TPSA) is 91.0 Å². The van der Waals surface area contributed by atoms with Gasteiger partial charge in [0.05, 0.1) is 0 Å². The predicted octanol–water partition coefficient (Wildman–Crippen LogP) is 2.65. The van der Waals surface area contributed by atoms with Crippen LogP contribution in [0, 0.1) is 6.92 Å². The summed E-state index contributed by atoms with van der Waals surface area (Å²) in [6, 6.07) is 10.7. The van der Waals surface area contributed by atoms with Crippen LogP contribution >= 0.6 is 0 Å². The highest BCUT2D eigenvalue weighted by Crippen LogP contribution is 2.27. The molecule has 0 atom stereocenters. The maximum absolute atomic E-state index is 12.5. The first kappa shape index (κ1) is 15.3. The van der Waals surface area contributed by atoms with E-state index in [1.54, 1.807) is 23.1 Å². The van der Waals surface area contributed by atoms with Gasteiger partial charge in [-0.2, -0.15) is 15.4 Å². The predicted molar refractivity (Wildman–Crippen MR) is 94.6 cm³/mol. The highest BCUT2D eigenvalue weighted by molar-refractivity contribution is 6.06. The summed E-state index contributed by atoms with van der Waals surface area (Å²) in [6.45, 7) is 2.70. The fraction of sp³-hybridized carbons (Fsp3) is 0.222. The number of hydrogen-bond acceptors (Lipinski definition) is 4. The zero-order chi connectivity index (χ0) is 17.4. The molecule has 0 radical (unpaired) electrons. The Kier molecular flexibility index (Phi) is 3.68. The number of benzene rings is 2. The van der Waals surface area contributed by atoms with Crippen molar-refractivity contribution in [3.05, 3.63) is 47.5 Å². The van der Waals surface area contributed by atoms with E-state index in [1.165, 1.54) is 0 Å². The van der Waals surface area contributed by atoms with Gasteiger partial charge in [-0.3, -0.25) is 9.59 Å². The first-order chi connectivity index (χ1) is 12.1. The second-order valence-electron chi connectivity index (χ2n) is 6.13. The van der Waals surface area contributed by atoms with Gasteiger partial charge in [0.1, 0.15) is 11.0 Å². The summed E-state index contributed by atoms with van der Waals surface area (Å²) in [7, 11) is 0. The maximum atomic E-state index is 12.5. The van der Waals surface area contributed by atoms with Crippen molar-refractivity contribution in [1.82, 2.24) is 15.4 Å². The van der Waals surface area contributed by atoms with E-state index in [1.807, 2.05) is 25.1 Å². The quantitative estimate of drug-likeness (QED) is 0.770. The Balaban J connectivity index is 1.54. The number of aromatic nitrogens is 3. The lowest BCUT2D eigenvalue weighted by atomic mass is 10.1. The van der Waals surface area contributed by atoms with Crippen LogP contribution in [0.1, 0.15) is 28.8 Å². The number of carbonyl (C=O) groups excluding carboxylic acids is 2. The van der Waals surface area contributed by atoms with Crippen molar-refractivity contribution in [3.8, 4) is 0 Å². The lowest BCUT2D eigenvalue weighted by Gasteiger charge is -2.19. The first-order valence-electron chi connectivity index (χ1n) is 8.15. The van der Waals surface area contributed by atoms with Crippen molar-refractivity contribution in [2.45, 2.75) is 19.8 Å². The Labute approximate surface area is 144 Å². The Morgan fingerprint density at radius 1 is 1.16 bits per heavy atom. The average Bonchev–Trinajstić information content (AvgIpc) is 3.23. The fourth-order valence-corrected chi connectivity index (χ4v) is 3.12. The SMILES string of the molecule is Cc1cc(NC(=O)c2ccc3n[nH]nc3c2)ccc1N1CCCC1=O. The van der Waals surface area contributed by atoms with E-state index in [2.05, 4.69) is 20.7 Å². The number of rotatable bonds is 3.